The van der Waals surface area contributed by atoms with Gasteiger partial charge in [-0.3, -0.25) is 4.98 Å². The van der Waals surface area contributed by atoms with Crippen molar-refractivity contribution in [2.24, 2.45) is 0 Å². The van der Waals surface area contributed by atoms with E-state index in [1.165, 1.54) is 0 Å². The Morgan fingerprint density at radius 1 is 1.20 bits per heavy atom. The molecule has 0 aliphatic heterocycles. The number of aromatic amines is 2. The largest absolute Gasteiger partial charge is 0.494 e. The van der Waals surface area contributed by atoms with Crippen LogP contribution in [0.4, 0.5) is 0 Å². The zero-order valence-electron chi connectivity index (χ0n) is 10.8. The molecule has 2 aromatic heterocycles. The molecule has 0 spiro atoms. The summed E-state index contributed by atoms with van der Waals surface area (Å²) in [6.45, 7) is 0.757. The van der Waals surface area contributed by atoms with E-state index in [1.54, 1.807) is 0 Å². The highest BCUT2D eigenvalue weighted by Gasteiger charge is 2.04. The van der Waals surface area contributed by atoms with Crippen LogP contribution < -0.4 is 10.4 Å². The van der Waals surface area contributed by atoms with Crippen LogP contribution in [-0.4, -0.2) is 33.3 Å². The zero-order valence-corrected chi connectivity index (χ0v) is 10.8. The lowest BCUT2D eigenvalue weighted by molar-refractivity contribution is 0.253. The van der Waals surface area contributed by atoms with Gasteiger partial charge in [-0.15, -0.1) is 0 Å². The summed E-state index contributed by atoms with van der Waals surface area (Å²) in [7, 11) is 0. The van der Waals surface area contributed by atoms with Gasteiger partial charge in [0.1, 0.15) is 5.75 Å². The first-order valence-corrected chi connectivity index (χ1v) is 6.53. The third kappa shape index (κ3) is 2.50. The van der Waals surface area contributed by atoms with Crippen molar-refractivity contribution in [3.8, 4) is 5.75 Å². The lowest BCUT2D eigenvalue weighted by atomic mass is 10.2. The first-order chi connectivity index (χ1) is 9.76. The molecule has 6 heteroatoms. The first kappa shape index (κ1) is 12.7. The molecule has 3 aromatic rings. The number of unbranched alkanes of at least 4 members (excludes halogenated alkanes) is 1. The average Bonchev–Trinajstić information content (AvgIpc) is 2.80. The topological polar surface area (TPSA) is 91.0 Å². The minimum atomic E-state index is -0.261. The van der Waals surface area contributed by atoms with Crippen LogP contribution in [0.5, 0.6) is 5.75 Å². The molecule has 0 amide bonds. The van der Waals surface area contributed by atoms with E-state index in [0.717, 1.165) is 29.5 Å². The standard InChI is InChI=1S/C14H15N3O3/c18-5-1-2-6-20-10-3-4-11-9(7-10)8-12-13(15-11)17-14(19)16-12/h3-4,7-8,18H,1-2,5-6H2,(H2,15,16,17,19). The number of aliphatic hydroxyl groups excluding tert-OH is 1. The molecule has 0 saturated carbocycles. The predicted molar refractivity (Wildman–Crippen MR) is 76.0 cm³/mol. The number of H-pyrrole nitrogens is 2. The maximum absolute atomic E-state index is 11.2. The van der Waals surface area contributed by atoms with E-state index in [4.69, 9.17) is 9.84 Å². The fourth-order valence-electron chi connectivity index (χ4n) is 2.10. The molecule has 3 N–H and O–H groups in total. The average molecular weight is 273 g/mol. The number of ether oxygens (including phenoxy) is 1. The maximum Gasteiger partial charge on any atom is 0.325 e. The highest BCUT2D eigenvalue weighted by Crippen LogP contribution is 2.22. The highest BCUT2D eigenvalue weighted by atomic mass is 16.5. The lowest BCUT2D eigenvalue weighted by Crippen LogP contribution is -1.99. The highest BCUT2D eigenvalue weighted by molar-refractivity contribution is 5.89. The number of rotatable bonds is 5. The molecule has 20 heavy (non-hydrogen) atoms. The van der Waals surface area contributed by atoms with Gasteiger partial charge >= 0.3 is 5.69 Å². The molecule has 0 saturated heterocycles. The Morgan fingerprint density at radius 3 is 2.95 bits per heavy atom. The maximum atomic E-state index is 11.2. The summed E-state index contributed by atoms with van der Waals surface area (Å²) < 4.78 is 5.61. The number of pyridine rings is 1. The first-order valence-electron chi connectivity index (χ1n) is 6.53. The number of nitrogens with zero attached hydrogens (tertiary/aromatic N) is 1. The van der Waals surface area contributed by atoms with E-state index >= 15 is 0 Å². The van der Waals surface area contributed by atoms with E-state index in [1.807, 2.05) is 24.3 Å². The molecule has 2 heterocycles. The summed E-state index contributed by atoms with van der Waals surface area (Å²) in [4.78, 5) is 20.9. The summed E-state index contributed by atoms with van der Waals surface area (Å²) in [5.74, 6) is 0.759. The summed E-state index contributed by atoms with van der Waals surface area (Å²) in [5, 5.41) is 9.62. The van der Waals surface area contributed by atoms with Crippen LogP contribution in [0.1, 0.15) is 12.8 Å². The van der Waals surface area contributed by atoms with Crippen LogP contribution in [0.25, 0.3) is 22.1 Å². The Hall–Kier alpha value is -2.34. The predicted octanol–water partition coefficient (Wildman–Crippen LogP) is 1.56. The van der Waals surface area contributed by atoms with Gasteiger partial charge in [0.15, 0.2) is 5.65 Å². The molecule has 0 bridgehead atoms. The Bertz CT molecular complexity index is 791. The number of hydrogen-bond acceptors (Lipinski definition) is 4. The van der Waals surface area contributed by atoms with Crippen LogP contribution in [-0.2, 0) is 0 Å². The minimum absolute atomic E-state index is 0.184. The van der Waals surface area contributed by atoms with Crippen molar-refractivity contribution in [2.45, 2.75) is 12.8 Å². The van der Waals surface area contributed by atoms with E-state index < -0.39 is 0 Å². The molecule has 0 aliphatic rings. The van der Waals surface area contributed by atoms with Crippen molar-refractivity contribution in [3.05, 3.63) is 34.7 Å². The normalized spacial score (nSPS) is 11.2. The van der Waals surface area contributed by atoms with Crippen molar-refractivity contribution in [1.29, 1.82) is 0 Å². The third-order valence-corrected chi connectivity index (χ3v) is 3.09. The smallest absolute Gasteiger partial charge is 0.325 e. The van der Waals surface area contributed by atoms with Crippen LogP contribution in [0.3, 0.4) is 0 Å². The number of aliphatic hydroxyl groups is 1. The Kier molecular flexibility index (Phi) is 3.39. The van der Waals surface area contributed by atoms with Gasteiger partial charge in [0, 0.05) is 12.0 Å². The van der Waals surface area contributed by atoms with E-state index in [-0.39, 0.29) is 12.3 Å². The Balaban J connectivity index is 1.89. The summed E-state index contributed by atoms with van der Waals surface area (Å²) >= 11 is 0. The summed E-state index contributed by atoms with van der Waals surface area (Å²) in [6, 6.07) is 7.48. The second-order valence-electron chi connectivity index (χ2n) is 4.60. The van der Waals surface area contributed by atoms with E-state index in [2.05, 4.69) is 15.0 Å². The molecular weight excluding hydrogens is 258 g/mol. The number of benzene rings is 1. The quantitative estimate of drug-likeness (QED) is 0.615. The number of fused-ring (bicyclic) bond motifs is 2. The lowest BCUT2D eigenvalue weighted by Gasteiger charge is -2.06. The Morgan fingerprint density at radius 2 is 2.10 bits per heavy atom. The fraction of sp³-hybridized carbons (Fsp3) is 0.286. The monoisotopic (exact) mass is 273 g/mol. The second kappa shape index (κ2) is 5.34. The SMILES string of the molecule is O=c1[nH]c2cc3cc(OCCCCO)ccc3nc2[nH]1. The van der Waals surface area contributed by atoms with Gasteiger partial charge in [0.25, 0.3) is 0 Å². The Labute approximate surface area is 114 Å². The van der Waals surface area contributed by atoms with Crippen molar-refractivity contribution < 1.29 is 9.84 Å². The second-order valence-corrected chi connectivity index (χ2v) is 4.60. The fourth-order valence-corrected chi connectivity index (χ4v) is 2.10. The zero-order chi connectivity index (χ0) is 13.9. The molecule has 6 nitrogen and oxygen atoms in total. The molecule has 104 valence electrons. The van der Waals surface area contributed by atoms with E-state index in [0.29, 0.717) is 17.8 Å². The number of hydrogen-bond donors (Lipinski definition) is 3. The molecule has 0 atom stereocenters. The van der Waals surface area contributed by atoms with E-state index in [9.17, 15) is 4.79 Å². The van der Waals surface area contributed by atoms with Crippen LogP contribution in [0.15, 0.2) is 29.1 Å². The molecule has 0 aliphatic carbocycles. The number of nitrogens with one attached hydrogen (secondary N) is 2. The molecule has 1 aromatic carbocycles. The van der Waals surface area contributed by atoms with Crippen molar-refractivity contribution in [1.82, 2.24) is 15.0 Å². The number of imidazole rings is 1. The van der Waals surface area contributed by atoms with Gasteiger partial charge in [-0.2, -0.15) is 0 Å². The van der Waals surface area contributed by atoms with Crippen LogP contribution in [0, 0.1) is 0 Å². The summed E-state index contributed by atoms with van der Waals surface area (Å²) in [5.41, 5.74) is 1.78. The molecule has 0 fully saturated rings. The van der Waals surface area contributed by atoms with Gasteiger partial charge in [-0.1, -0.05) is 0 Å². The van der Waals surface area contributed by atoms with Gasteiger partial charge in [0.05, 0.1) is 17.6 Å². The summed E-state index contributed by atoms with van der Waals surface area (Å²) in [6.07, 6.45) is 1.55. The molecule has 0 unspecified atom stereocenters. The molecular formula is C14H15N3O3. The van der Waals surface area contributed by atoms with Crippen molar-refractivity contribution in [2.75, 3.05) is 13.2 Å². The van der Waals surface area contributed by atoms with Crippen molar-refractivity contribution >= 4 is 22.1 Å². The van der Waals surface area contributed by atoms with Crippen LogP contribution >= 0.6 is 0 Å². The molecule has 0 radical (unpaired) electrons. The minimum Gasteiger partial charge on any atom is -0.494 e. The van der Waals surface area contributed by atoms with Gasteiger partial charge < -0.3 is 14.8 Å². The van der Waals surface area contributed by atoms with Gasteiger partial charge in [-0.25, -0.2) is 9.78 Å². The van der Waals surface area contributed by atoms with Crippen LogP contribution in [0.2, 0.25) is 0 Å². The van der Waals surface area contributed by atoms with Crippen molar-refractivity contribution in [3.63, 3.8) is 0 Å². The van der Waals surface area contributed by atoms with Gasteiger partial charge in [0.2, 0.25) is 0 Å². The van der Waals surface area contributed by atoms with Gasteiger partial charge in [-0.05, 0) is 37.1 Å². The number of aromatic nitrogens is 3. The molecule has 3 rings (SSSR count). The third-order valence-electron chi connectivity index (χ3n) is 3.09.